The van der Waals surface area contributed by atoms with Crippen molar-refractivity contribution in [3.05, 3.63) is 76.0 Å². The van der Waals surface area contributed by atoms with Crippen LogP contribution < -0.4 is 4.74 Å². The van der Waals surface area contributed by atoms with E-state index in [1.54, 1.807) is 24.6 Å². The lowest BCUT2D eigenvalue weighted by Gasteiger charge is -2.23. The van der Waals surface area contributed by atoms with E-state index in [1.165, 1.54) is 13.3 Å². The van der Waals surface area contributed by atoms with Crippen molar-refractivity contribution in [1.82, 2.24) is 9.78 Å². The van der Waals surface area contributed by atoms with Gasteiger partial charge in [-0.25, -0.2) is 13.1 Å². The quantitative estimate of drug-likeness (QED) is 0.375. The summed E-state index contributed by atoms with van der Waals surface area (Å²) in [5.41, 5.74) is 3.70. The van der Waals surface area contributed by atoms with Crippen molar-refractivity contribution in [2.45, 2.75) is 45.2 Å². The highest BCUT2D eigenvalue weighted by atomic mass is 32.2. The van der Waals surface area contributed by atoms with Crippen LogP contribution in [-0.4, -0.2) is 42.6 Å². The summed E-state index contributed by atoms with van der Waals surface area (Å²) in [6.07, 6.45) is 1.72. The molecule has 0 radical (unpaired) electrons. The number of carbonyl (C=O) groups excluding carboxylic acids is 1. The second kappa shape index (κ2) is 9.42. The van der Waals surface area contributed by atoms with Crippen LogP contribution >= 0.6 is 0 Å². The first kappa shape index (κ1) is 23.7. The summed E-state index contributed by atoms with van der Waals surface area (Å²) in [4.78, 5) is 18.9. The zero-order chi connectivity index (χ0) is 24.5. The van der Waals surface area contributed by atoms with Crippen LogP contribution in [0.25, 0.3) is 0 Å². The first-order valence-corrected chi connectivity index (χ1v) is 12.7. The lowest BCUT2D eigenvalue weighted by Crippen LogP contribution is -2.26. The Morgan fingerprint density at radius 1 is 1.18 bits per heavy atom. The maximum atomic E-state index is 13.7. The van der Waals surface area contributed by atoms with Gasteiger partial charge in [-0.1, -0.05) is 35.5 Å². The summed E-state index contributed by atoms with van der Waals surface area (Å²) in [7, 11) is -2.07. The van der Waals surface area contributed by atoms with Crippen LogP contribution in [0.1, 0.15) is 51.5 Å². The van der Waals surface area contributed by atoms with E-state index in [9.17, 15) is 13.2 Å². The van der Waals surface area contributed by atoms with E-state index < -0.39 is 9.84 Å². The molecule has 8 nitrogen and oxygen atoms in total. The minimum absolute atomic E-state index is 0.0451. The Hall–Kier alpha value is -3.46. The Bertz CT molecular complexity index is 1380. The first-order valence-electron chi connectivity index (χ1n) is 11.0. The number of sulfone groups is 1. The molecule has 2 heterocycles. The number of hydrogen-bond donors (Lipinski definition) is 0. The number of fused-ring (bicyclic) bond motifs is 1. The number of ketones is 1. The summed E-state index contributed by atoms with van der Waals surface area (Å²) < 4.78 is 33.4. The third-order valence-electron chi connectivity index (χ3n) is 5.93. The Morgan fingerprint density at radius 3 is 2.59 bits per heavy atom. The van der Waals surface area contributed by atoms with Crippen molar-refractivity contribution in [1.29, 1.82) is 0 Å². The van der Waals surface area contributed by atoms with E-state index in [0.717, 1.165) is 5.56 Å². The van der Waals surface area contributed by atoms with Crippen LogP contribution in [-0.2, 0) is 27.8 Å². The van der Waals surface area contributed by atoms with Gasteiger partial charge in [0, 0.05) is 24.1 Å². The fourth-order valence-corrected chi connectivity index (χ4v) is 6.11. The first-order chi connectivity index (χ1) is 16.3. The molecule has 0 spiro atoms. The summed E-state index contributed by atoms with van der Waals surface area (Å²) in [6, 6.07) is 11.3. The molecular weight excluding hydrogens is 454 g/mol. The predicted octanol–water partition coefficient (Wildman–Crippen LogP) is 3.86. The second-order valence-electron chi connectivity index (χ2n) is 8.14. The molecule has 1 aromatic heterocycles. The molecule has 3 aromatic rings. The maximum Gasteiger partial charge on any atom is 0.223 e. The molecule has 0 bridgehead atoms. The molecule has 2 aromatic carbocycles. The lowest BCUT2D eigenvalue weighted by molar-refractivity contribution is 0.103. The number of nitrogens with zero attached hydrogens (tertiary/aromatic N) is 3. The van der Waals surface area contributed by atoms with E-state index in [1.807, 2.05) is 37.3 Å². The number of hydrogen-bond acceptors (Lipinski definition) is 7. The van der Waals surface area contributed by atoms with Crippen molar-refractivity contribution in [3.63, 3.8) is 0 Å². The largest absolute Gasteiger partial charge is 0.472 e. The third kappa shape index (κ3) is 4.23. The zero-order valence-electron chi connectivity index (χ0n) is 19.7. The van der Waals surface area contributed by atoms with Crippen LogP contribution in [0, 0.1) is 13.8 Å². The van der Waals surface area contributed by atoms with Gasteiger partial charge in [-0.3, -0.25) is 4.79 Å². The highest BCUT2D eigenvalue weighted by molar-refractivity contribution is 7.91. The van der Waals surface area contributed by atoms with Crippen LogP contribution in [0.5, 0.6) is 5.88 Å². The summed E-state index contributed by atoms with van der Waals surface area (Å²) in [6.45, 7) is 6.18. The standard InChI is InChI=1S/C25H27N3O5S/c1-5-28-25(33-15-18-9-7-6-8-10-18)20(14-26-28)23(29)19-13-16(2)24-22(17(19)3)21(27-32-4)11-12-34(24,30)31/h6-10,13-14H,5,11-12,15H2,1-4H3/b27-21+. The van der Waals surface area contributed by atoms with Crippen LogP contribution in [0.2, 0.25) is 0 Å². The predicted molar refractivity (Wildman–Crippen MR) is 128 cm³/mol. The van der Waals surface area contributed by atoms with Gasteiger partial charge in [-0.05, 0) is 43.5 Å². The number of rotatable bonds is 7. The average Bonchev–Trinajstić information content (AvgIpc) is 3.24. The molecule has 0 fully saturated rings. The second-order valence-corrected chi connectivity index (χ2v) is 10.2. The molecule has 34 heavy (non-hydrogen) atoms. The normalized spacial score (nSPS) is 15.7. The number of ether oxygens (including phenoxy) is 1. The lowest BCUT2D eigenvalue weighted by atomic mass is 9.91. The van der Waals surface area contributed by atoms with Gasteiger partial charge in [-0.15, -0.1) is 0 Å². The SMILES string of the molecule is CCn1ncc(C(=O)c2cc(C)c3c(c2C)/C(=N/OC)CCS3(=O)=O)c1OCc1ccccc1. The van der Waals surface area contributed by atoms with E-state index in [2.05, 4.69) is 10.3 Å². The molecule has 9 heteroatoms. The molecule has 0 atom stereocenters. The van der Waals surface area contributed by atoms with Gasteiger partial charge in [0.1, 0.15) is 19.3 Å². The number of oxime groups is 1. The summed E-state index contributed by atoms with van der Waals surface area (Å²) >= 11 is 0. The van der Waals surface area contributed by atoms with E-state index >= 15 is 0 Å². The highest BCUT2D eigenvalue weighted by Gasteiger charge is 2.34. The Morgan fingerprint density at radius 2 is 1.91 bits per heavy atom. The van der Waals surface area contributed by atoms with Crippen LogP contribution in [0.15, 0.2) is 52.6 Å². The number of aryl methyl sites for hydroxylation is 2. The summed E-state index contributed by atoms with van der Waals surface area (Å²) in [5, 5.41) is 8.40. The molecule has 0 unspecified atom stereocenters. The van der Waals surface area contributed by atoms with Crippen molar-refractivity contribution in [2.75, 3.05) is 12.9 Å². The molecule has 178 valence electrons. The minimum atomic E-state index is -3.49. The van der Waals surface area contributed by atoms with Gasteiger partial charge in [-0.2, -0.15) is 5.10 Å². The number of carbonyl (C=O) groups is 1. The van der Waals surface area contributed by atoms with Crippen molar-refractivity contribution >= 4 is 21.3 Å². The molecular formula is C25H27N3O5S. The topological polar surface area (TPSA) is 99.9 Å². The van der Waals surface area contributed by atoms with E-state index in [-0.39, 0.29) is 29.5 Å². The van der Waals surface area contributed by atoms with Gasteiger partial charge in [0.15, 0.2) is 15.6 Å². The monoisotopic (exact) mass is 481 g/mol. The Balaban J connectivity index is 1.80. The van der Waals surface area contributed by atoms with E-state index in [4.69, 9.17) is 9.57 Å². The fourth-order valence-electron chi connectivity index (χ4n) is 4.31. The van der Waals surface area contributed by atoms with Gasteiger partial charge in [0.05, 0.1) is 22.6 Å². The average molecular weight is 482 g/mol. The van der Waals surface area contributed by atoms with Crippen LogP contribution in [0.4, 0.5) is 0 Å². The van der Waals surface area contributed by atoms with Gasteiger partial charge >= 0.3 is 0 Å². The number of benzene rings is 2. The fraction of sp³-hybridized carbons (Fsp3) is 0.320. The van der Waals surface area contributed by atoms with Crippen molar-refractivity contribution in [2.24, 2.45) is 5.16 Å². The molecule has 4 rings (SSSR count). The third-order valence-corrected chi connectivity index (χ3v) is 7.82. The van der Waals surface area contributed by atoms with E-state index in [0.29, 0.717) is 46.0 Å². The minimum Gasteiger partial charge on any atom is -0.472 e. The molecule has 0 N–H and O–H groups in total. The van der Waals surface area contributed by atoms with Gasteiger partial charge in [0.25, 0.3) is 0 Å². The molecule has 0 amide bonds. The molecule has 1 aliphatic rings. The van der Waals surface area contributed by atoms with Gasteiger partial charge in [0.2, 0.25) is 5.88 Å². The highest BCUT2D eigenvalue weighted by Crippen LogP contribution is 2.35. The van der Waals surface area contributed by atoms with Crippen molar-refractivity contribution in [3.8, 4) is 5.88 Å². The van der Waals surface area contributed by atoms with Crippen molar-refractivity contribution < 1.29 is 22.8 Å². The number of aromatic nitrogens is 2. The van der Waals surface area contributed by atoms with Gasteiger partial charge < -0.3 is 9.57 Å². The van der Waals surface area contributed by atoms with Crippen LogP contribution in [0.3, 0.4) is 0 Å². The molecule has 1 aliphatic heterocycles. The smallest absolute Gasteiger partial charge is 0.223 e. The zero-order valence-corrected chi connectivity index (χ0v) is 20.5. The molecule has 0 aliphatic carbocycles. The Labute approximate surface area is 199 Å². The molecule has 0 saturated heterocycles. The maximum absolute atomic E-state index is 13.7. The molecule has 0 saturated carbocycles. The Kier molecular flexibility index (Phi) is 6.56. The summed E-state index contributed by atoms with van der Waals surface area (Å²) in [5.74, 6) is 0.0479.